The number of likely N-dealkylation sites (N-methyl/N-ethyl adjacent to an activating group) is 1. The number of aryl methyl sites for hydroxylation is 1. The first-order valence-electron chi connectivity index (χ1n) is 10.0. The number of halogens is 1. The van der Waals surface area contributed by atoms with Crippen LogP contribution in [-0.2, 0) is 0 Å². The lowest BCUT2D eigenvalue weighted by Gasteiger charge is -2.37. The zero-order valence-corrected chi connectivity index (χ0v) is 20.0. The predicted molar refractivity (Wildman–Crippen MR) is 128 cm³/mol. The van der Waals surface area contributed by atoms with Crippen molar-refractivity contribution < 1.29 is 0 Å². The fourth-order valence-corrected chi connectivity index (χ4v) is 3.38. The normalized spacial score (nSPS) is 18.5. The van der Waals surface area contributed by atoms with E-state index in [0.29, 0.717) is 12.0 Å². The minimum absolute atomic E-state index is 0. The lowest BCUT2D eigenvalue weighted by Crippen LogP contribution is -2.53. The van der Waals surface area contributed by atoms with Crippen LogP contribution in [0.3, 0.4) is 0 Å². The Hall–Kier alpha value is -0.860. The van der Waals surface area contributed by atoms with Crippen LogP contribution in [0.5, 0.6) is 0 Å². The predicted octanol–water partition coefficient (Wildman–Crippen LogP) is 2.91. The number of nitrogens with one attached hydrogen (secondary N) is 2. The van der Waals surface area contributed by atoms with Crippen LogP contribution in [0.1, 0.15) is 37.8 Å². The van der Waals surface area contributed by atoms with Gasteiger partial charge in [-0.15, -0.1) is 24.0 Å². The van der Waals surface area contributed by atoms with E-state index >= 15 is 0 Å². The molecule has 1 fully saturated rings. The number of benzene rings is 1. The van der Waals surface area contributed by atoms with Crippen LogP contribution in [0.4, 0.5) is 0 Å². The Bertz CT molecular complexity index is 552. The maximum Gasteiger partial charge on any atom is 0.191 e. The number of rotatable bonds is 7. The van der Waals surface area contributed by atoms with Crippen LogP contribution in [0.15, 0.2) is 29.3 Å². The van der Waals surface area contributed by atoms with Gasteiger partial charge in [-0.2, -0.15) is 0 Å². The van der Waals surface area contributed by atoms with Crippen molar-refractivity contribution in [3.63, 3.8) is 0 Å². The highest BCUT2D eigenvalue weighted by Crippen LogP contribution is 2.14. The second kappa shape index (κ2) is 12.6. The van der Waals surface area contributed by atoms with Gasteiger partial charge < -0.3 is 15.5 Å². The molecule has 0 radical (unpaired) electrons. The van der Waals surface area contributed by atoms with Gasteiger partial charge in [-0.05, 0) is 31.9 Å². The largest absolute Gasteiger partial charge is 0.356 e. The lowest BCUT2D eigenvalue weighted by atomic mass is 10.0. The summed E-state index contributed by atoms with van der Waals surface area (Å²) < 4.78 is 0. The summed E-state index contributed by atoms with van der Waals surface area (Å²) in [5.74, 6) is 1.34. The number of guanidine groups is 1. The van der Waals surface area contributed by atoms with Crippen molar-refractivity contribution in [1.82, 2.24) is 20.4 Å². The number of nitrogens with zero attached hydrogens (tertiary/aromatic N) is 3. The second-order valence-corrected chi connectivity index (χ2v) is 7.46. The molecule has 1 aliphatic heterocycles. The van der Waals surface area contributed by atoms with E-state index in [1.54, 1.807) is 0 Å². The minimum Gasteiger partial charge on any atom is -0.356 e. The molecule has 0 amide bonds. The Labute approximate surface area is 183 Å². The molecular weight excluding hydrogens is 449 g/mol. The van der Waals surface area contributed by atoms with Crippen molar-refractivity contribution in [2.24, 2.45) is 4.99 Å². The fourth-order valence-electron chi connectivity index (χ4n) is 3.38. The smallest absolute Gasteiger partial charge is 0.191 e. The summed E-state index contributed by atoms with van der Waals surface area (Å²) in [4.78, 5) is 9.47. The number of piperazine rings is 1. The summed E-state index contributed by atoms with van der Waals surface area (Å²) >= 11 is 0. The molecule has 1 aliphatic rings. The average molecular weight is 487 g/mol. The van der Waals surface area contributed by atoms with Gasteiger partial charge in [0.15, 0.2) is 5.96 Å². The van der Waals surface area contributed by atoms with Crippen LogP contribution < -0.4 is 10.6 Å². The summed E-state index contributed by atoms with van der Waals surface area (Å²) in [6.45, 7) is 16.6. The van der Waals surface area contributed by atoms with Gasteiger partial charge in [0, 0.05) is 52.4 Å². The summed E-state index contributed by atoms with van der Waals surface area (Å²) in [6.07, 6.45) is 0. The molecule has 1 aromatic carbocycles. The Morgan fingerprint density at radius 1 is 1.04 bits per heavy atom. The molecule has 2 unspecified atom stereocenters. The van der Waals surface area contributed by atoms with Gasteiger partial charge in [-0.1, -0.05) is 43.7 Å². The summed E-state index contributed by atoms with van der Waals surface area (Å²) in [5, 5.41) is 6.96. The molecule has 2 N–H and O–H groups in total. The second-order valence-electron chi connectivity index (χ2n) is 7.46. The van der Waals surface area contributed by atoms with E-state index < -0.39 is 0 Å². The Morgan fingerprint density at radius 3 is 2.19 bits per heavy atom. The van der Waals surface area contributed by atoms with Crippen LogP contribution >= 0.6 is 24.0 Å². The van der Waals surface area contributed by atoms with Crippen molar-refractivity contribution in [2.75, 3.05) is 52.9 Å². The zero-order valence-electron chi connectivity index (χ0n) is 17.7. The van der Waals surface area contributed by atoms with Crippen LogP contribution in [0.2, 0.25) is 0 Å². The summed E-state index contributed by atoms with van der Waals surface area (Å²) in [6, 6.07) is 9.31. The molecule has 154 valence electrons. The van der Waals surface area contributed by atoms with E-state index in [1.807, 2.05) is 7.05 Å². The van der Waals surface area contributed by atoms with E-state index in [1.165, 1.54) is 24.2 Å². The molecule has 0 aromatic heterocycles. The molecule has 0 spiro atoms. The maximum atomic E-state index is 4.38. The first-order valence-corrected chi connectivity index (χ1v) is 10.0. The monoisotopic (exact) mass is 487 g/mol. The van der Waals surface area contributed by atoms with E-state index in [-0.39, 0.29) is 24.0 Å². The van der Waals surface area contributed by atoms with Crippen LogP contribution in [0, 0.1) is 6.92 Å². The molecule has 1 saturated heterocycles. The average Bonchev–Trinajstić information content (AvgIpc) is 2.68. The standard InChI is InChI=1S/C21H37N5.HI/c1-6-25-11-13-26(14-12-25)19(4)16-24-21(22-5)23-15-18(3)20-9-7-17(2)8-10-20;/h7-10,18-19H,6,11-16H2,1-5H3,(H2,22,23,24);1H. The molecule has 2 atom stereocenters. The van der Waals surface area contributed by atoms with Gasteiger partial charge >= 0.3 is 0 Å². The molecular formula is C21H38IN5. The van der Waals surface area contributed by atoms with E-state index in [2.05, 4.69) is 77.4 Å². The Morgan fingerprint density at radius 2 is 1.63 bits per heavy atom. The van der Waals surface area contributed by atoms with Gasteiger partial charge in [-0.3, -0.25) is 9.89 Å². The summed E-state index contributed by atoms with van der Waals surface area (Å²) in [5.41, 5.74) is 2.67. The van der Waals surface area contributed by atoms with Crippen molar-refractivity contribution in [3.8, 4) is 0 Å². The van der Waals surface area contributed by atoms with Crippen LogP contribution in [0.25, 0.3) is 0 Å². The van der Waals surface area contributed by atoms with Crippen molar-refractivity contribution in [1.29, 1.82) is 0 Å². The molecule has 1 aromatic rings. The molecule has 5 nitrogen and oxygen atoms in total. The maximum absolute atomic E-state index is 4.38. The van der Waals surface area contributed by atoms with E-state index in [9.17, 15) is 0 Å². The molecule has 2 rings (SSSR count). The highest BCUT2D eigenvalue weighted by molar-refractivity contribution is 14.0. The molecule has 0 aliphatic carbocycles. The van der Waals surface area contributed by atoms with Gasteiger partial charge in [0.2, 0.25) is 0 Å². The zero-order chi connectivity index (χ0) is 18.9. The third kappa shape index (κ3) is 7.95. The van der Waals surface area contributed by atoms with Crippen molar-refractivity contribution in [3.05, 3.63) is 35.4 Å². The van der Waals surface area contributed by atoms with Crippen molar-refractivity contribution in [2.45, 2.75) is 39.7 Å². The third-order valence-corrected chi connectivity index (χ3v) is 5.49. The first-order chi connectivity index (χ1) is 12.5. The Kier molecular flexibility index (Phi) is 11.3. The number of hydrogen-bond acceptors (Lipinski definition) is 3. The van der Waals surface area contributed by atoms with Gasteiger partial charge in [0.25, 0.3) is 0 Å². The molecule has 27 heavy (non-hydrogen) atoms. The first kappa shape index (κ1) is 24.2. The topological polar surface area (TPSA) is 42.9 Å². The molecule has 6 heteroatoms. The molecule has 1 heterocycles. The van der Waals surface area contributed by atoms with Gasteiger partial charge in [-0.25, -0.2) is 0 Å². The lowest BCUT2D eigenvalue weighted by molar-refractivity contribution is 0.107. The third-order valence-electron chi connectivity index (χ3n) is 5.49. The van der Waals surface area contributed by atoms with Gasteiger partial charge in [0.05, 0.1) is 0 Å². The highest BCUT2D eigenvalue weighted by atomic mass is 127. The van der Waals surface area contributed by atoms with E-state index in [4.69, 9.17) is 0 Å². The Balaban J connectivity index is 0.00000364. The fraction of sp³-hybridized carbons (Fsp3) is 0.667. The minimum atomic E-state index is 0. The number of aliphatic imine (C=N–C) groups is 1. The summed E-state index contributed by atoms with van der Waals surface area (Å²) in [7, 11) is 1.84. The highest BCUT2D eigenvalue weighted by Gasteiger charge is 2.20. The SMILES string of the molecule is CCN1CCN(C(C)CNC(=NC)NCC(C)c2ccc(C)cc2)CC1.I. The van der Waals surface area contributed by atoms with Crippen molar-refractivity contribution >= 4 is 29.9 Å². The molecule has 0 saturated carbocycles. The quantitative estimate of drug-likeness (QED) is 0.353. The van der Waals surface area contributed by atoms with Gasteiger partial charge in [0.1, 0.15) is 0 Å². The van der Waals surface area contributed by atoms with Crippen LogP contribution in [-0.4, -0.2) is 74.7 Å². The molecule has 0 bridgehead atoms. The number of hydrogen-bond donors (Lipinski definition) is 2. The van der Waals surface area contributed by atoms with E-state index in [0.717, 1.165) is 38.7 Å².